The molecule has 0 radical (unpaired) electrons. The lowest BCUT2D eigenvalue weighted by Crippen LogP contribution is -2.61. The number of esters is 1. The van der Waals surface area contributed by atoms with Crippen molar-refractivity contribution in [3.63, 3.8) is 0 Å². The van der Waals surface area contributed by atoms with Gasteiger partial charge in [-0.3, -0.25) is 9.69 Å². The summed E-state index contributed by atoms with van der Waals surface area (Å²) in [6.45, 7) is 3.46. The Labute approximate surface area is 271 Å². The number of anilines is 1. The number of rotatable bonds is 11. The molecule has 3 aromatic rings. The fraction of sp³-hybridized carbons (Fsp3) is 0.438. The molecule has 0 saturated carbocycles. The van der Waals surface area contributed by atoms with Gasteiger partial charge in [-0.1, -0.05) is 6.92 Å². The lowest BCUT2D eigenvalue weighted by Gasteiger charge is -2.46. The monoisotopic (exact) mass is 684 g/mol. The zero-order chi connectivity index (χ0) is 35.4. The van der Waals surface area contributed by atoms with Crippen LogP contribution in [0.3, 0.4) is 0 Å². The molecule has 2 heterocycles. The number of methoxy groups -OCH3 is 1. The van der Waals surface area contributed by atoms with Crippen LogP contribution in [0.15, 0.2) is 42.6 Å². The average Bonchev–Trinajstić information content (AvgIpc) is 3.02. The summed E-state index contributed by atoms with van der Waals surface area (Å²) in [5.74, 6) is -0.804. The maximum atomic E-state index is 13.7. The van der Waals surface area contributed by atoms with Crippen molar-refractivity contribution in [3.8, 4) is 11.5 Å². The SMILES string of the molecule is CCOC(=O)CCCOc1cnc([C@H]2C[C@@](N)(CC)N(C(=O)O)c3ccc(OC)cc32)nc1Cc1cc(C(F)(F)F)cc(C(F)(F)F)c1. The van der Waals surface area contributed by atoms with Crippen molar-refractivity contribution >= 4 is 17.7 Å². The van der Waals surface area contributed by atoms with E-state index >= 15 is 0 Å². The van der Waals surface area contributed by atoms with Crippen LogP contribution in [0.1, 0.15) is 79.2 Å². The van der Waals surface area contributed by atoms with Crippen molar-refractivity contribution in [2.24, 2.45) is 5.73 Å². The molecule has 0 bridgehead atoms. The van der Waals surface area contributed by atoms with E-state index in [9.17, 15) is 41.0 Å². The Morgan fingerprint density at radius 1 is 1.06 bits per heavy atom. The number of fused-ring (bicyclic) bond motifs is 1. The molecule has 0 fully saturated rings. The van der Waals surface area contributed by atoms with Gasteiger partial charge in [0.1, 0.15) is 17.2 Å². The molecule has 2 atom stereocenters. The van der Waals surface area contributed by atoms with Gasteiger partial charge < -0.3 is 25.1 Å². The smallest absolute Gasteiger partial charge is 0.416 e. The first-order valence-corrected chi connectivity index (χ1v) is 14.9. The van der Waals surface area contributed by atoms with Crippen molar-refractivity contribution < 1.29 is 55.2 Å². The third-order valence-electron chi connectivity index (χ3n) is 7.92. The van der Waals surface area contributed by atoms with Gasteiger partial charge in [0.2, 0.25) is 0 Å². The van der Waals surface area contributed by atoms with Crippen LogP contribution < -0.4 is 20.1 Å². The summed E-state index contributed by atoms with van der Waals surface area (Å²) in [6.07, 6.45) is -10.4. The maximum absolute atomic E-state index is 13.7. The molecule has 0 spiro atoms. The molecule has 10 nitrogen and oxygen atoms in total. The number of hydrogen-bond donors (Lipinski definition) is 2. The summed E-state index contributed by atoms with van der Waals surface area (Å²) < 4.78 is 98.0. The van der Waals surface area contributed by atoms with Crippen LogP contribution in [0.25, 0.3) is 0 Å². The molecule has 0 unspecified atom stereocenters. The average molecular weight is 685 g/mol. The van der Waals surface area contributed by atoms with Crippen molar-refractivity contribution in [2.45, 2.75) is 69.9 Å². The zero-order valence-electron chi connectivity index (χ0n) is 26.2. The Balaban J connectivity index is 1.83. The second-order valence-electron chi connectivity index (χ2n) is 11.1. The molecule has 1 amide bonds. The number of carbonyl (C=O) groups excluding carboxylic acids is 1. The lowest BCUT2D eigenvalue weighted by atomic mass is 9.80. The number of ether oxygens (including phenoxy) is 3. The first-order chi connectivity index (χ1) is 22.5. The molecule has 1 aliphatic rings. The molecule has 2 aromatic carbocycles. The largest absolute Gasteiger partial charge is 0.497 e. The van der Waals surface area contributed by atoms with Crippen molar-refractivity contribution in [1.82, 2.24) is 9.97 Å². The van der Waals surface area contributed by atoms with E-state index in [-0.39, 0.29) is 73.5 Å². The number of benzene rings is 2. The van der Waals surface area contributed by atoms with Crippen LogP contribution in [0.5, 0.6) is 11.5 Å². The number of nitrogens with zero attached hydrogens (tertiary/aromatic N) is 3. The Bertz CT molecular complexity index is 1620. The minimum atomic E-state index is -5.06. The molecule has 3 N–H and O–H groups in total. The van der Waals surface area contributed by atoms with E-state index in [4.69, 9.17) is 19.9 Å². The van der Waals surface area contributed by atoms with Crippen LogP contribution in [0, 0.1) is 0 Å². The van der Waals surface area contributed by atoms with Gasteiger partial charge in [0.05, 0.1) is 49.0 Å². The molecule has 0 saturated heterocycles. The number of nitrogens with two attached hydrogens (primary N) is 1. The van der Waals surface area contributed by atoms with Crippen LogP contribution in [0.4, 0.5) is 36.8 Å². The molecular weight excluding hydrogens is 650 g/mol. The van der Waals surface area contributed by atoms with Gasteiger partial charge in [0, 0.05) is 18.8 Å². The summed E-state index contributed by atoms with van der Waals surface area (Å²) in [7, 11) is 1.42. The van der Waals surface area contributed by atoms with E-state index in [0.717, 1.165) is 4.90 Å². The van der Waals surface area contributed by atoms with Crippen molar-refractivity contribution in [2.75, 3.05) is 25.2 Å². The number of halogens is 6. The van der Waals surface area contributed by atoms with E-state index in [1.54, 1.807) is 26.0 Å². The van der Waals surface area contributed by atoms with Crippen LogP contribution in [0.2, 0.25) is 0 Å². The molecule has 1 aliphatic heterocycles. The van der Waals surface area contributed by atoms with Gasteiger partial charge in [-0.25, -0.2) is 14.8 Å². The van der Waals surface area contributed by atoms with Crippen LogP contribution in [-0.4, -0.2) is 53.1 Å². The topological polar surface area (TPSA) is 137 Å². The molecule has 4 rings (SSSR count). The number of amides is 1. The second-order valence-corrected chi connectivity index (χ2v) is 11.1. The molecule has 16 heteroatoms. The summed E-state index contributed by atoms with van der Waals surface area (Å²) in [6, 6.07) is 5.92. The van der Waals surface area contributed by atoms with Crippen LogP contribution in [-0.2, 0) is 28.3 Å². The number of carbonyl (C=O) groups is 2. The van der Waals surface area contributed by atoms with Gasteiger partial charge in [0.25, 0.3) is 0 Å². The minimum Gasteiger partial charge on any atom is -0.497 e. The van der Waals surface area contributed by atoms with Crippen molar-refractivity contribution in [1.29, 1.82) is 0 Å². The number of aromatic nitrogens is 2. The van der Waals surface area contributed by atoms with Gasteiger partial charge in [-0.15, -0.1) is 0 Å². The Hall–Kier alpha value is -4.60. The third-order valence-corrected chi connectivity index (χ3v) is 7.92. The highest BCUT2D eigenvalue weighted by atomic mass is 19.4. The Kier molecular flexibility index (Phi) is 10.8. The molecule has 260 valence electrons. The molecular formula is C32H34F6N4O6. The Morgan fingerprint density at radius 3 is 2.29 bits per heavy atom. The van der Waals surface area contributed by atoms with Gasteiger partial charge in [-0.2, -0.15) is 26.3 Å². The first-order valence-electron chi connectivity index (χ1n) is 14.9. The highest BCUT2D eigenvalue weighted by Gasteiger charge is 2.46. The fourth-order valence-corrected chi connectivity index (χ4v) is 5.55. The summed E-state index contributed by atoms with van der Waals surface area (Å²) in [5.41, 5.74) is 2.52. The van der Waals surface area contributed by atoms with E-state index < -0.39 is 53.5 Å². The number of carboxylic acid groups (broad SMARTS) is 1. The van der Waals surface area contributed by atoms with Gasteiger partial charge in [-0.05, 0) is 73.7 Å². The van der Waals surface area contributed by atoms with Gasteiger partial charge in [0.15, 0.2) is 5.75 Å². The van der Waals surface area contributed by atoms with E-state index in [1.807, 2.05) is 0 Å². The molecule has 48 heavy (non-hydrogen) atoms. The fourth-order valence-electron chi connectivity index (χ4n) is 5.55. The van der Waals surface area contributed by atoms with E-state index in [2.05, 4.69) is 9.97 Å². The Morgan fingerprint density at radius 2 is 1.73 bits per heavy atom. The quantitative estimate of drug-likeness (QED) is 0.125. The van der Waals surface area contributed by atoms with Crippen LogP contribution >= 0.6 is 0 Å². The zero-order valence-corrected chi connectivity index (χ0v) is 26.2. The minimum absolute atomic E-state index is 0.00105. The first kappa shape index (κ1) is 36.2. The lowest BCUT2D eigenvalue weighted by molar-refractivity contribution is -0.144. The molecule has 1 aromatic heterocycles. The highest BCUT2D eigenvalue weighted by Crippen LogP contribution is 2.47. The predicted molar refractivity (Wildman–Crippen MR) is 160 cm³/mol. The van der Waals surface area contributed by atoms with E-state index in [1.165, 1.54) is 19.4 Å². The highest BCUT2D eigenvalue weighted by molar-refractivity contribution is 5.90. The number of alkyl halides is 6. The van der Waals surface area contributed by atoms with Gasteiger partial charge >= 0.3 is 24.4 Å². The summed E-state index contributed by atoms with van der Waals surface area (Å²) in [4.78, 5) is 34.2. The second kappa shape index (κ2) is 14.3. The normalized spacial score (nSPS) is 17.9. The van der Waals surface area contributed by atoms with E-state index in [0.29, 0.717) is 23.4 Å². The summed E-state index contributed by atoms with van der Waals surface area (Å²) in [5, 5.41) is 10.1. The standard InChI is InChI=1S/C32H34F6N4O6/c1-4-30(39)16-23(22-15-21(46-3)8-9-25(22)42(30)29(44)45)28-40-17-26(48-10-6-7-27(43)47-5-2)24(41-28)13-18-11-19(31(33,34)35)14-20(12-18)32(36,37)38/h8-9,11-12,14-15,17,23H,4-7,10,13,16,39H2,1-3H3,(H,44,45)/t23-,30+/m0/s1. The number of hydrogen-bond acceptors (Lipinski definition) is 8. The summed E-state index contributed by atoms with van der Waals surface area (Å²) >= 11 is 0. The maximum Gasteiger partial charge on any atom is 0.416 e. The predicted octanol–water partition coefficient (Wildman–Crippen LogP) is 6.92. The van der Waals surface area contributed by atoms with Crippen molar-refractivity contribution in [3.05, 3.63) is 76.4 Å². The molecule has 0 aliphatic carbocycles. The third kappa shape index (κ3) is 8.09.